The first-order valence-electron chi connectivity index (χ1n) is 6.70. The van der Waals surface area contributed by atoms with Gasteiger partial charge in [0.15, 0.2) is 0 Å². The maximum atomic E-state index is 9.14. The van der Waals surface area contributed by atoms with Gasteiger partial charge in [-0.25, -0.2) is 0 Å². The Kier molecular flexibility index (Phi) is 5.13. The van der Waals surface area contributed by atoms with Crippen LogP contribution in [0.1, 0.15) is 11.1 Å². The Morgan fingerprint density at radius 3 is 2.14 bits per heavy atom. The van der Waals surface area contributed by atoms with E-state index in [1.807, 2.05) is 72.8 Å². The monoisotopic (exact) mass is 286 g/mol. The molecule has 106 valence electrons. The Morgan fingerprint density at radius 2 is 1.59 bits per heavy atom. The quantitative estimate of drug-likeness (QED) is 0.625. The fourth-order valence-corrected chi connectivity index (χ4v) is 1.98. The summed E-state index contributed by atoms with van der Waals surface area (Å²) < 4.78 is 5.12. The van der Waals surface area contributed by atoms with Gasteiger partial charge < -0.3 is 4.74 Å². The summed E-state index contributed by atoms with van der Waals surface area (Å²) in [6.45, 7) is 0. The number of hydrogen-bond donors (Lipinski definition) is 0. The van der Waals surface area contributed by atoms with Crippen molar-refractivity contribution < 1.29 is 4.74 Å². The van der Waals surface area contributed by atoms with Crippen molar-refractivity contribution >= 4 is 11.6 Å². The van der Waals surface area contributed by atoms with Crippen molar-refractivity contribution in [1.82, 2.24) is 0 Å². The van der Waals surface area contributed by atoms with E-state index in [0.29, 0.717) is 5.57 Å². The Hall–Kier alpha value is -3.30. The van der Waals surface area contributed by atoms with Gasteiger partial charge in [0.1, 0.15) is 23.5 Å². The molecule has 0 bridgehead atoms. The number of nitrogens with zero attached hydrogens (tertiary/aromatic N) is 2. The van der Waals surface area contributed by atoms with Crippen molar-refractivity contribution in [3.05, 3.63) is 77.4 Å². The van der Waals surface area contributed by atoms with Crippen LogP contribution in [0.2, 0.25) is 0 Å². The summed E-state index contributed by atoms with van der Waals surface area (Å²) in [6.07, 6.45) is 3.66. The van der Waals surface area contributed by atoms with Crippen LogP contribution in [0.4, 0.5) is 0 Å². The second kappa shape index (κ2) is 7.47. The average Bonchev–Trinajstić information content (AvgIpc) is 2.60. The van der Waals surface area contributed by atoms with Crippen LogP contribution in [-0.4, -0.2) is 7.11 Å². The number of hydrogen-bond acceptors (Lipinski definition) is 3. The standard InChI is InChI=1S/C19H14N2O/c1-22-18-10-7-15(8-11-18)9-12-19(17(13-20)14-21)16-5-3-2-4-6-16/h2-12H,1H3/b12-9+. The molecule has 0 amide bonds. The van der Waals surface area contributed by atoms with Gasteiger partial charge in [-0.1, -0.05) is 54.6 Å². The third-order valence-corrected chi connectivity index (χ3v) is 3.14. The molecule has 0 fully saturated rings. The highest BCUT2D eigenvalue weighted by Crippen LogP contribution is 2.21. The summed E-state index contributed by atoms with van der Waals surface area (Å²) in [6, 6.07) is 20.9. The second-order valence-corrected chi connectivity index (χ2v) is 4.48. The molecule has 0 N–H and O–H groups in total. The van der Waals surface area contributed by atoms with Crippen LogP contribution >= 0.6 is 0 Å². The largest absolute Gasteiger partial charge is 0.497 e. The Morgan fingerprint density at radius 1 is 0.955 bits per heavy atom. The zero-order chi connectivity index (χ0) is 15.8. The molecule has 2 aromatic carbocycles. The summed E-state index contributed by atoms with van der Waals surface area (Å²) >= 11 is 0. The highest BCUT2D eigenvalue weighted by Gasteiger charge is 2.05. The van der Waals surface area contributed by atoms with Crippen LogP contribution in [-0.2, 0) is 0 Å². The highest BCUT2D eigenvalue weighted by molar-refractivity contribution is 5.85. The molecule has 2 rings (SSSR count). The minimum absolute atomic E-state index is 0.0935. The fraction of sp³-hybridized carbons (Fsp3) is 0.0526. The van der Waals surface area contributed by atoms with E-state index >= 15 is 0 Å². The number of allylic oxidation sites excluding steroid dienone is 3. The SMILES string of the molecule is COc1ccc(/C=C/C(=C(C#N)C#N)c2ccccc2)cc1. The highest BCUT2D eigenvalue weighted by atomic mass is 16.5. The molecule has 0 aliphatic rings. The van der Waals surface area contributed by atoms with E-state index in [2.05, 4.69) is 0 Å². The third-order valence-electron chi connectivity index (χ3n) is 3.14. The molecule has 0 aromatic heterocycles. The number of nitriles is 2. The zero-order valence-corrected chi connectivity index (χ0v) is 12.2. The van der Waals surface area contributed by atoms with E-state index in [1.165, 1.54) is 0 Å². The van der Waals surface area contributed by atoms with Gasteiger partial charge >= 0.3 is 0 Å². The van der Waals surface area contributed by atoms with Gasteiger partial charge in [0.05, 0.1) is 7.11 Å². The van der Waals surface area contributed by atoms with Crippen molar-refractivity contribution in [2.75, 3.05) is 7.11 Å². The average molecular weight is 286 g/mol. The molecule has 22 heavy (non-hydrogen) atoms. The summed E-state index contributed by atoms with van der Waals surface area (Å²) in [7, 11) is 1.62. The van der Waals surface area contributed by atoms with E-state index in [0.717, 1.165) is 16.9 Å². The van der Waals surface area contributed by atoms with E-state index in [-0.39, 0.29) is 5.57 Å². The van der Waals surface area contributed by atoms with Crippen molar-refractivity contribution in [3.63, 3.8) is 0 Å². The first-order chi connectivity index (χ1) is 10.8. The number of ether oxygens (including phenoxy) is 1. The first kappa shape index (κ1) is 15.1. The molecule has 0 unspecified atom stereocenters. The molecule has 2 aromatic rings. The molecule has 3 nitrogen and oxygen atoms in total. The number of rotatable bonds is 4. The van der Waals surface area contributed by atoms with Crippen LogP contribution in [0.5, 0.6) is 5.75 Å². The maximum Gasteiger partial charge on any atom is 0.137 e. The van der Waals surface area contributed by atoms with Crippen molar-refractivity contribution in [2.24, 2.45) is 0 Å². The summed E-state index contributed by atoms with van der Waals surface area (Å²) in [4.78, 5) is 0. The molecule has 0 aliphatic heterocycles. The molecule has 3 heteroatoms. The zero-order valence-electron chi connectivity index (χ0n) is 12.2. The molecular formula is C19H14N2O. The fourth-order valence-electron chi connectivity index (χ4n) is 1.98. The molecule has 0 atom stereocenters. The number of methoxy groups -OCH3 is 1. The minimum Gasteiger partial charge on any atom is -0.497 e. The van der Waals surface area contributed by atoms with Gasteiger partial charge in [-0.3, -0.25) is 0 Å². The van der Waals surface area contributed by atoms with Crippen LogP contribution < -0.4 is 4.74 Å². The Balaban J connectivity index is 2.39. The summed E-state index contributed by atoms with van der Waals surface area (Å²) in [5, 5.41) is 18.3. The lowest BCUT2D eigenvalue weighted by molar-refractivity contribution is 0.415. The summed E-state index contributed by atoms with van der Waals surface area (Å²) in [5.41, 5.74) is 2.51. The predicted molar refractivity (Wildman–Crippen MR) is 86.6 cm³/mol. The first-order valence-corrected chi connectivity index (χ1v) is 6.70. The van der Waals surface area contributed by atoms with Crippen LogP contribution in [0, 0.1) is 22.7 Å². The van der Waals surface area contributed by atoms with Gasteiger partial charge in [0, 0.05) is 5.57 Å². The van der Waals surface area contributed by atoms with Crippen LogP contribution in [0.25, 0.3) is 11.6 Å². The maximum absolute atomic E-state index is 9.14. The van der Waals surface area contributed by atoms with Crippen LogP contribution in [0.15, 0.2) is 66.2 Å². The van der Waals surface area contributed by atoms with Crippen LogP contribution in [0.3, 0.4) is 0 Å². The van der Waals surface area contributed by atoms with Gasteiger partial charge in [0.25, 0.3) is 0 Å². The summed E-state index contributed by atoms with van der Waals surface area (Å²) in [5.74, 6) is 0.783. The third kappa shape index (κ3) is 3.62. The Bertz CT molecular complexity index is 757. The lowest BCUT2D eigenvalue weighted by atomic mass is 9.99. The Labute approximate surface area is 130 Å². The minimum atomic E-state index is 0.0935. The normalized spacial score (nSPS) is 9.77. The lowest BCUT2D eigenvalue weighted by Crippen LogP contribution is -1.86. The van der Waals surface area contributed by atoms with Crippen molar-refractivity contribution in [3.8, 4) is 17.9 Å². The predicted octanol–water partition coefficient (Wildman–Crippen LogP) is 4.21. The molecule has 0 saturated heterocycles. The molecule has 0 saturated carbocycles. The van der Waals surface area contributed by atoms with E-state index < -0.39 is 0 Å². The van der Waals surface area contributed by atoms with Gasteiger partial charge in [-0.2, -0.15) is 10.5 Å². The van der Waals surface area contributed by atoms with Crippen molar-refractivity contribution in [1.29, 1.82) is 10.5 Å². The molecule has 0 radical (unpaired) electrons. The smallest absolute Gasteiger partial charge is 0.137 e. The molecule has 0 heterocycles. The lowest BCUT2D eigenvalue weighted by Gasteiger charge is -2.03. The van der Waals surface area contributed by atoms with Gasteiger partial charge in [0.2, 0.25) is 0 Å². The van der Waals surface area contributed by atoms with Gasteiger partial charge in [-0.15, -0.1) is 0 Å². The molecule has 0 spiro atoms. The van der Waals surface area contributed by atoms with Gasteiger partial charge in [-0.05, 0) is 23.3 Å². The van der Waals surface area contributed by atoms with Crippen molar-refractivity contribution in [2.45, 2.75) is 0 Å². The molecular weight excluding hydrogens is 272 g/mol. The second-order valence-electron chi connectivity index (χ2n) is 4.48. The van der Waals surface area contributed by atoms with E-state index in [9.17, 15) is 0 Å². The number of benzene rings is 2. The topological polar surface area (TPSA) is 56.8 Å². The van der Waals surface area contributed by atoms with E-state index in [1.54, 1.807) is 13.2 Å². The van der Waals surface area contributed by atoms with E-state index in [4.69, 9.17) is 15.3 Å². The molecule has 0 aliphatic carbocycles.